The van der Waals surface area contributed by atoms with Gasteiger partial charge in [-0.1, -0.05) is 20.3 Å². The van der Waals surface area contributed by atoms with Crippen LogP contribution in [0.2, 0.25) is 0 Å². The first-order valence-electron chi connectivity index (χ1n) is 6.06. The Labute approximate surface area is 91.7 Å². The van der Waals surface area contributed by atoms with Crippen LogP contribution < -0.4 is 5.73 Å². The summed E-state index contributed by atoms with van der Waals surface area (Å²) in [5.41, 5.74) is 7.24. The number of imidazole rings is 1. The van der Waals surface area contributed by atoms with Crippen molar-refractivity contribution in [3.8, 4) is 0 Å². The number of fused-ring (bicyclic) bond motifs is 1. The number of nitrogens with two attached hydrogens (primary N) is 1. The number of rotatable bonds is 3. The number of nitrogen functional groups attached to an aromatic ring is 1. The molecule has 0 amide bonds. The smallest absolute Gasteiger partial charge is 0.126 e. The molecule has 1 aliphatic rings. The van der Waals surface area contributed by atoms with Crippen LogP contribution in [-0.2, 0) is 19.4 Å². The highest BCUT2D eigenvalue weighted by atomic mass is 15.1. The van der Waals surface area contributed by atoms with E-state index < -0.39 is 0 Å². The molecule has 2 N–H and O–H groups in total. The molecule has 0 aromatic carbocycles. The average molecular weight is 207 g/mol. The fourth-order valence-corrected chi connectivity index (χ4v) is 2.27. The number of hydrogen-bond acceptors (Lipinski definition) is 2. The number of nitrogens with zero attached hydrogens (tertiary/aromatic N) is 2. The fourth-order valence-electron chi connectivity index (χ4n) is 2.27. The van der Waals surface area contributed by atoms with Gasteiger partial charge in [0.05, 0.1) is 5.69 Å². The maximum absolute atomic E-state index is 6.11. The molecular formula is C12H21N3. The van der Waals surface area contributed by atoms with E-state index in [1.165, 1.54) is 25.1 Å². The van der Waals surface area contributed by atoms with E-state index in [0.717, 1.165) is 36.8 Å². The third-order valence-electron chi connectivity index (χ3n) is 3.31. The van der Waals surface area contributed by atoms with Crippen LogP contribution in [0.5, 0.6) is 0 Å². The van der Waals surface area contributed by atoms with Crippen molar-refractivity contribution >= 4 is 5.82 Å². The molecule has 1 unspecified atom stereocenters. The van der Waals surface area contributed by atoms with E-state index in [4.69, 9.17) is 5.73 Å². The summed E-state index contributed by atoms with van der Waals surface area (Å²) in [5.74, 6) is 2.89. The van der Waals surface area contributed by atoms with Crippen LogP contribution in [0.15, 0.2) is 0 Å². The summed E-state index contributed by atoms with van der Waals surface area (Å²) in [4.78, 5) is 4.68. The van der Waals surface area contributed by atoms with Crippen molar-refractivity contribution in [3.63, 3.8) is 0 Å². The summed E-state index contributed by atoms with van der Waals surface area (Å²) in [5, 5.41) is 0. The Balaban J connectivity index is 2.20. The van der Waals surface area contributed by atoms with Crippen molar-refractivity contribution < 1.29 is 0 Å². The van der Waals surface area contributed by atoms with Crippen molar-refractivity contribution in [1.29, 1.82) is 0 Å². The molecule has 0 saturated heterocycles. The van der Waals surface area contributed by atoms with E-state index in [-0.39, 0.29) is 0 Å². The number of aryl methyl sites for hydroxylation is 1. The zero-order valence-electron chi connectivity index (χ0n) is 9.79. The van der Waals surface area contributed by atoms with Gasteiger partial charge < -0.3 is 10.3 Å². The summed E-state index contributed by atoms with van der Waals surface area (Å²) in [6, 6.07) is 0. The predicted octanol–water partition coefficient (Wildman–Crippen LogP) is 2.39. The van der Waals surface area contributed by atoms with Crippen LogP contribution in [0.25, 0.3) is 0 Å². The molecular weight excluding hydrogens is 186 g/mol. The SMILES string of the molecule is CCCCc1nc2n(c1N)CCC(C)C2. The van der Waals surface area contributed by atoms with E-state index in [0.29, 0.717) is 0 Å². The number of unbranched alkanes of at least 4 members (excludes halogenated alkanes) is 1. The molecule has 0 radical (unpaired) electrons. The van der Waals surface area contributed by atoms with Crippen LogP contribution in [0.3, 0.4) is 0 Å². The van der Waals surface area contributed by atoms with Gasteiger partial charge in [-0.2, -0.15) is 0 Å². The van der Waals surface area contributed by atoms with E-state index in [1.807, 2.05) is 0 Å². The van der Waals surface area contributed by atoms with Gasteiger partial charge in [0.1, 0.15) is 11.6 Å². The molecule has 2 rings (SSSR count). The van der Waals surface area contributed by atoms with Crippen molar-refractivity contribution in [2.45, 2.75) is 52.5 Å². The molecule has 3 heteroatoms. The number of hydrogen-bond donors (Lipinski definition) is 1. The Kier molecular flexibility index (Phi) is 2.98. The first-order chi connectivity index (χ1) is 7.22. The third-order valence-corrected chi connectivity index (χ3v) is 3.31. The van der Waals surface area contributed by atoms with Gasteiger partial charge in [0.25, 0.3) is 0 Å². The predicted molar refractivity (Wildman–Crippen MR) is 62.7 cm³/mol. The van der Waals surface area contributed by atoms with Crippen molar-refractivity contribution in [3.05, 3.63) is 11.5 Å². The summed E-state index contributed by atoms with van der Waals surface area (Å²) < 4.78 is 2.21. The molecule has 1 aliphatic heterocycles. The quantitative estimate of drug-likeness (QED) is 0.827. The largest absolute Gasteiger partial charge is 0.384 e. The maximum Gasteiger partial charge on any atom is 0.126 e. The average Bonchev–Trinajstić information content (AvgIpc) is 2.52. The molecule has 0 spiro atoms. The second-order valence-electron chi connectivity index (χ2n) is 4.71. The van der Waals surface area contributed by atoms with Crippen molar-refractivity contribution in [2.75, 3.05) is 5.73 Å². The molecule has 15 heavy (non-hydrogen) atoms. The van der Waals surface area contributed by atoms with Crippen molar-refractivity contribution in [2.24, 2.45) is 5.92 Å². The summed E-state index contributed by atoms with van der Waals surface area (Å²) in [7, 11) is 0. The Morgan fingerprint density at radius 3 is 3.07 bits per heavy atom. The molecule has 84 valence electrons. The highest BCUT2D eigenvalue weighted by molar-refractivity contribution is 5.39. The summed E-state index contributed by atoms with van der Waals surface area (Å²) >= 11 is 0. The topological polar surface area (TPSA) is 43.8 Å². The zero-order valence-corrected chi connectivity index (χ0v) is 9.79. The molecule has 0 fully saturated rings. The van der Waals surface area contributed by atoms with Crippen LogP contribution in [0, 0.1) is 5.92 Å². The molecule has 1 aromatic heterocycles. The lowest BCUT2D eigenvalue weighted by Gasteiger charge is -2.20. The third kappa shape index (κ3) is 2.01. The van der Waals surface area contributed by atoms with Gasteiger partial charge in [-0.05, 0) is 25.2 Å². The highest BCUT2D eigenvalue weighted by Crippen LogP contribution is 2.25. The monoisotopic (exact) mass is 207 g/mol. The molecule has 0 aliphatic carbocycles. The number of anilines is 1. The van der Waals surface area contributed by atoms with Gasteiger partial charge in [0.2, 0.25) is 0 Å². The Morgan fingerprint density at radius 1 is 1.53 bits per heavy atom. The van der Waals surface area contributed by atoms with Crippen LogP contribution in [-0.4, -0.2) is 9.55 Å². The Hall–Kier alpha value is -0.990. The molecule has 0 bridgehead atoms. The molecule has 3 nitrogen and oxygen atoms in total. The zero-order chi connectivity index (χ0) is 10.8. The van der Waals surface area contributed by atoms with Gasteiger partial charge in [-0.25, -0.2) is 4.98 Å². The Morgan fingerprint density at radius 2 is 2.33 bits per heavy atom. The second-order valence-corrected chi connectivity index (χ2v) is 4.71. The minimum atomic E-state index is 0.762. The molecule has 0 saturated carbocycles. The van der Waals surface area contributed by atoms with Gasteiger partial charge >= 0.3 is 0 Å². The van der Waals surface area contributed by atoms with Gasteiger partial charge in [-0.3, -0.25) is 0 Å². The lowest BCUT2D eigenvalue weighted by molar-refractivity contribution is 0.412. The van der Waals surface area contributed by atoms with E-state index in [1.54, 1.807) is 0 Å². The maximum atomic E-state index is 6.11. The van der Waals surface area contributed by atoms with E-state index >= 15 is 0 Å². The van der Waals surface area contributed by atoms with Crippen LogP contribution in [0.4, 0.5) is 5.82 Å². The fraction of sp³-hybridized carbons (Fsp3) is 0.750. The molecule has 2 heterocycles. The second kappa shape index (κ2) is 4.25. The van der Waals surface area contributed by atoms with Crippen LogP contribution in [0.1, 0.15) is 44.6 Å². The van der Waals surface area contributed by atoms with E-state index in [9.17, 15) is 0 Å². The normalized spacial score (nSPS) is 20.3. The molecule has 1 atom stereocenters. The highest BCUT2D eigenvalue weighted by Gasteiger charge is 2.20. The van der Waals surface area contributed by atoms with Gasteiger partial charge in [-0.15, -0.1) is 0 Å². The first kappa shape index (κ1) is 10.5. The van der Waals surface area contributed by atoms with Crippen molar-refractivity contribution in [1.82, 2.24) is 9.55 Å². The molecule has 1 aromatic rings. The van der Waals surface area contributed by atoms with E-state index in [2.05, 4.69) is 23.4 Å². The lowest BCUT2D eigenvalue weighted by atomic mass is 10.0. The minimum absolute atomic E-state index is 0.762. The minimum Gasteiger partial charge on any atom is -0.384 e. The summed E-state index contributed by atoms with van der Waals surface area (Å²) in [6.07, 6.45) is 5.77. The van der Waals surface area contributed by atoms with Gasteiger partial charge in [0, 0.05) is 13.0 Å². The van der Waals surface area contributed by atoms with Gasteiger partial charge in [0.15, 0.2) is 0 Å². The summed E-state index contributed by atoms with van der Waals surface area (Å²) in [6.45, 7) is 5.55. The Bertz CT molecular complexity index is 341. The van der Waals surface area contributed by atoms with Crippen LogP contribution >= 0.6 is 0 Å². The lowest BCUT2D eigenvalue weighted by Crippen LogP contribution is -2.18. The standard InChI is InChI=1S/C12H21N3/c1-3-4-5-10-12(13)15-7-6-9(2)8-11(15)14-10/h9H,3-8,13H2,1-2H3. The number of aromatic nitrogens is 2. The first-order valence-corrected chi connectivity index (χ1v) is 6.06.